The molecule has 1 fully saturated rings. The summed E-state index contributed by atoms with van der Waals surface area (Å²) < 4.78 is 12.6. The number of amides is 1. The van der Waals surface area contributed by atoms with E-state index >= 15 is 0 Å². The lowest BCUT2D eigenvalue weighted by molar-refractivity contribution is -0.149. The van der Waals surface area contributed by atoms with E-state index in [-0.39, 0.29) is 29.2 Å². The molecule has 1 aromatic heterocycles. The van der Waals surface area contributed by atoms with E-state index in [4.69, 9.17) is 32.7 Å². The van der Waals surface area contributed by atoms with Crippen molar-refractivity contribution < 1.29 is 19.1 Å². The fraction of sp³-hybridized carbons (Fsp3) is 0.294. The lowest BCUT2D eigenvalue weighted by Gasteiger charge is -2.31. The van der Waals surface area contributed by atoms with Gasteiger partial charge >= 0.3 is 5.97 Å². The maximum atomic E-state index is 13.9. The molecule has 0 saturated carbocycles. The second-order valence-electron chi connectivity index (χ2n) is 11.1. The number of hydrogen-bond donors (Lipinski definition) is 1. The fourth-order valence-electron chi connectivity index (χ4n) is 5.81. The predicted octanol–water partition coefficient (Wildman–Crippen LogP) is 6.98. The van der Waals surface area contributed by atoms with Crippen LogP contribution in [0.25, 0.3) is 5.69 Å². The number of nitrogens with one attached hydrogen (secondary N) is 1. The van der Waals surface area contributed by atoms with E-state index in [9.17, 15) is 14.4 Å². The molecular formula is C34H32Cl2N4O5. The number of rotatable bonds is 8. The molecule has 3 aromatic carbocycles. The van der Waals surface area contributed by atoms with Gasteiger partial charge in [-0.15, -0.1) is 0 Å². The Morgan fingerprint density at radius 2 is 1.78 bits per heavy atom. The third kappa shape index (κ3) is 6.70. The SMILES string of the molecule is CCOC(=O)[C@H]1CCCN(C(=O)c2ccc(Nc3c(Oc4ccc5c(c4)CCC5)cnn(-c4ccc(Cl)c(Cl)c4)c3=O)cc2)C1. The molecule has 0 bridgehead atoms. The first-order chi connectivity index (χ1) is 21.8. The third-order valence-corrected chi connectivity index (χ3v) is 8.86. The molecule has 4 aromatic rings. The van der Waals surface area contributed by atoms with Crippen LogP contribution in [0.15, 0.2) is 71.7 Å². The van der Waals surface area contributed by atoms with Crippen molar-refractivity contribution >= 4 is 46.5 Å². The number of esters is 1. The maximum Gasteiger partial charge on any atom is 0.310 e. The molecule has 45 heavy (non-hydrogen) atoms. The Morgan fingerprint density at radius 3 is 2.56 bits per heavy atom. The van der Waals surface area contributed by atoms with E-state index in [1.807, 2.05) is 12.1 Å². The van der Waals surface area contributed by atoms with Crippen molar-refractivity contribution in [2.24, 2.45) is 5.92 Å². The molecule has 232 valence electrons. The standard InChI is InChI=1S/C34H32Cl2N4O5/c1-2-44-34(43)24-7-4-16-39(20-24)32(41)22-8-11-25(12-9-22)38-31-30(45-27-14-10-21-5-3-6-23(21)17-27)19-37-40(33(31)42)26-13-15-28(35)29(36)18-26/h8-15,17-19,24,38H,2-7,16,20H2,1H3/t24-/m0/s1. The predicted molar refractivity (Wildman–Crippen MR) is 173 cm³/mol. The van der Waals surface area contributed by atoms with E-state index in [1.165, 1.54) is 22.0 Å². The highest BCUT2D eigenvalue weighted by Crippen LogP contribution is 2.33. The summed E-state index contributed by atoms with van der Waals surface area (Å²) in [6, 6.07) is 17.6. The van der Waals surface area contributed by atoms with Gasteiger partial charge in [0.05, 0.1) is 34.5 Å². The largest absolute Gasteiger partial charge is 0.466 e. The molecule has 1 atom stereocenters. The molecule has 6 rings (SSSR count). The van der Waals surface area contributed by atoms with Crippen LogP contribution in [0, 0.1) is 5.92 Å². The number of piperidine rings is 1. The lowest BCUT2D eigenvalue weighted by atomic mass is 9.97. The normalized spacial score (nSPS) is 15.8. The van der Waals surface area contributed by atoms with Gasteiger partial charge in [-0.25, -0.2) is 0 Å². The number of halogens is 2. The quantitative estimate of drug-likeness (QED) is 0.206. The topological polar surface area (TPSA) is 103 Å². The monoisotopic (exact) mass is 646 g/mol. The van der Waals surface area contributed by atoms with E-state index in [0.29, 0.717) is 58.9 Å². The van der Waals surface area contributed by atoms with Gasteiger partial charge in [-0.05, 0) is 105 Å². The number of carbonyl (C=O) groups is 2. The van der Waals surface area contributed by atoms with Crippen LogP contribution >= 0.6 is 23.2 Å². The maximum absolute atomic E-state index is 13.9. The number of ether oxygens (including phenoxy) is 2. The molecule has 1 amide bonds. The Balaban J connectivity index is 1.27. The van der Waals surface area contributed by atoms with Crippen LogP contribution in [0.3, 0.4) is 0 Å². The summed E-state index contributed by atoms with van der Waals surface area (Å²) in [4.78, 5) is 41.1. The highest BCUT2D eigenvalue weighted by Gasteiger charge is 2.30. The van der Waals surface area contributed by atoms with E-state index in [1.54, 1.807) is 54.3 Å². The summed E-state index contributed by atoms with van der Waals surface area (Å²) in [6.45, 7) is 2.99. The van der Waals surface area contributed by atoms with Gasteiger partial charge < -0.3 is 19.7 Å². The average molecular weight is 648 g/mol. The van der Waals surface area contributed by atoms with Crippen LogP contribution in [-0.4, -0.2) is 46.3 Å². The van der Waals surface area contributed by atoms with Crippen molar-refractivity contribution in [3.05, 3.63) is 104 Å². The number of aromatic nitrogens is 2. The number of hydrogen-bond acceptors (Lipinski definition) is 7. The van der Waals surface area contributed by atoms with Gasteiger partial charge in [0.1, 0.15) is 5.75 Å². The van der Waals surface area contributed by atoms with Crippen LogP contribution in [-0.2, 0) is 22.4 Å². The Morgan fingerprint density at radius 1 is 0.978 bits per heavy atom. The van der Waals surface area contributed by atoms with Crippen LogP contribution in [0.4, 0.5) is 11.4 Å². The average Bonchev–Trinajstić information content (AvgIpc) is 3.52. The Kier molecular flexibility index (Phi) is 9.09. The van der Waals surface area contributed by atoms with Crippen molar-refractivity contribution in [3.8, 4) is 17.2 Å². The van der Waals surface area contributed by atoms with Gasteiger partial charge in [-0.2, -0.15) is 9.78 Å². The molecule has 0 radical (unpaired) electrons. The van der Waals surface area contributed by atoms with Crippen LogP contribution in [0.5, 0.6) is 11.5 Å². The molecule has 1 N–H and O–H groups in total. The zero-order valence-corrected chi connectivity index (χ0v) is 26.2. The number of aryl methyl sites for hydroxylation is 2. The fourth-order valence-corrected chi connectivity index (χ4v) is 6.10. The summed E-state index contributed by atoms with van der Waals surface area (Å²) in [5, 5.41) is 8.20. The number of carbonyl (C=O) groups excluding carboxylic acids is 2. The van der Waals surface area contributed by atoms with Crippen molar-refractivity contribution in [2.45, 2.75) is 39.0 Å². The summed E-state index contributed by atoms with van der Waals surface area (Å²) in [7, 11) is 0. The van der Waals surface area contributed by atoms with E-state index in [0.717, 1.165) is 25.7 Å². The second kappa shape index (κ2) is 13.3. The minimum Gasteiger partial charge on any atom is -0.466 e. The number of benzene rings is 3. The summed E-state index contributed by atoms with van der Waals surface area (Å²) in [5.41, 5.74) is 3.71. The van der Waals surface area contributed by atoms with Gasteiger partial charge in [0, 0.05) is 24.3 Å². The summed E-state index contributed by atoms with van der Waals surface area (Å²) in [5.74, 6) is 0.0963. The van der Waals surface area contributed by atoms with Gasteiger partial charge in [0.25, 0.3) is 11.5 Å². The third-order valence-electron chi connectivity index (χ3n) is 8.12. The highest BCUT2D eigenvalue weighted by atomic mass is 35.5. The Labute approximate surface area is 270 Å². The summed E-state index contributed by atoms with van der Waals surface area (Å²) >= 11 is 12.3. The molecule has 9 nitrogen and oxygen atoms in total. The zero-order chi connectivity index (χ0) is 31.5. The molecule has 0 spiro atoms. The molecular weight excluding hydrogens is 615 g/mol. The molecule has 2 aliphatic rings. The minimum atomic E-state index is -0.467. The van der Waals surface area contributed by atoms with E-state index < -0.39 is 5.56 Å². The number of nitrogens with zero attached hydrogens (tertiary/aromatic N) is 3. The smallest absolute Gasteiger partial charge is 0.310 e. The molecule has 2 heterocycles. The minimum absolute atomic E-state index is 0.156. The van der Waals surface area contributed by atoms with E-state index in [2.05, 4.69) is 16.5 Å². The van der Waals surface area contributed by atoms with Gasteiger partial charge in [-0.3, -0.25) is 14.4 Å². The van der Waals surface area contributed by atoms with Crippen molar-refractivity contribution in [3.63, 3.8) is 0 Å². The first kappa shape index (κ1) is 30.7. The van der Waals surface area contributed by atoms with Gasteiger partial charge in [-0.1, -0.05) is 29.3 Å². The van der Waals surface area contributed by atoms with Crippen molar-refractivity contribution in [2.75, 3.05) is 25.0 Å². The van der Waals surface area contributed by atoms with Crippen LogP contribution < -0.4 is 15.6 Å². The number of fused-ring (bicyclic) bond motifs is 1. The molecule has 11 heteroatoms. The number of likely N-dealkylation sites (tertiary alicyclic amines) is 1. The Bertz CT molecular complexity index is 1810. The Hall–Kier alpha value is -4.34. The first-order valence-corrected chi connectivity index (χ1v) is 15.8. The highest BCUT2D eigenvalue weighted by molar-refractivity contribution is 6.42. The molecule has 1 aliphatic heterocycles. The van der Waals surface area contributed by atoms with Crippen LogP contribution in [0.2, 0.25) is 10.0 Å². The van der Waals surface area contributed by atoms with Gasteiger partial charge in [0.15, 0.2) is 11.4 Å². The molecule has 0 unspecified atom stereocenters. The zero-order valence-electron chi connectivity index (χ0n) is 24.7. The lowest BCUT2D eigenvalue weighted by Crippen LogP contribution is -2.42. The molecule has 1 saturated heterocycles. The van der Waals surface area contributed by atoms with Gasteiger partial charge in [0.2, 0.25) is 0 Å². The molecule has 1 aliphatic carbocycles. The summed E-state index contributed by atoms with van der Waals surface area (Å²) in [6.07, 6.45) is 6.05. The van der Waals surface area contributed by atoms with Crippen LogP contribution in [0.1, 0.15) is 47.7 Å². The van der Waals surface area contributed by atoms with Crippen molar-refractivity contribution in [1.29, 1.82) is 0 Å². The number of anilines is 2. The van der Waals surface area contributed by atoms with Crippen molar-refractivity contribution in [1.82, 2.24) is 14.7 Å². The second-order valence-corrected chi connectivity index (χ2v) is 11.9. The first-order valence-electron chi connectivity index (χ1n) is 15.0.